The van der Waals surface area contributed by atoms with Gasteiger partial charge in [0.1, 0.15) is 5.52 Å². The van der Waals surface area contributed by atoms with Crippen molar-refractivity contribution in [2.45, 2.75) is 18.8 Å². The third kappa shape index (κ3) is 3.03. The monoisotopic (exact) mass is 334 g/mol. The number of nitrogens with two attached hydrogens (primary N) is 1. The van der Waals surface area contributed by atoms with Gasteiger partial charge in [0, 0.05) is 18.1 Å². The molecule has 4 rings (SSSR count). The Kier molecular flexibility index (Phi) is 4.01. The van der Waals surface area contributed by atoms with E-state index in [9.17, 15) is 4.79 Å². The largest absolute Gasteiger partial charge is 0.366 e. The van der Waals surface area contributed by atoms with Crippen LogP contribution in [0.4, 0.5) is 0 Å². The van der Waals surface area contributed by atoms with E-state index in [4.69, 9.17) is 5.73 Å². The van der Waals surface area contributed by atoms with E-state index in [2.05, 4.69) is 41.3 Å². The second-order valence-electron chi connectivity index (χ2n) is 6.87. The number of hydrogen-bond donors (Lipinski definition) is 1. The van der Waals surface area contributed by atoms with Gasteiger partial charge in [0.2, 0.25) is 0 Å². The van der Waals surface area contributed by atoms with Crippen LogP contribution >= 0.6 is 0 Å². The molecule has 3 aromatic rings. The average molecular weight is 334 g/mol. The number of aromatic nitrogens is 2. The second kappa shape index (κ2) is 6.33. The molecular weight excluding hydrogens is 312 g/mol. The maximum atomic E-state index is 11.6. The van der Waals surface area contributed by atoms with Crippen LogP contribution in [0.15, 0.2) is 48.7 Å². The molecule has 2 heterocycles. The van der Waals surface area contributed by atoms with Gasteiger partial charge in [-0.15, -0.1) is 0 Å². The minimum absolute atomic E-state index is 0.451. The summed E-state index contributed by atoms with van der Waals surface area (Å²) < 4.78 is 1.81. The smallest absolute Gasteiger partial charge is 0.250 e. The first kappa shape index (κ1) is 15.8. The molecule has 0 unspecified atom stereocenters. The molecule has 2 N–H and O–H groups in total. The number of hydrogen-bond acceptors (Lipinski definition) is 3. The molecule has 0 saturated carbocycles. The molecule has 1 atom stereocenters. The van der Waals surface area contributed by atoms with E-state index in [0.717, 1.165) is 17.6 Å². The SMILES string of the molecule is CN1CCC[C@@H](c2ccc(-n3cc4cccc(C(N)=O)c4n3)cc2)C1. The highest BCUT2D eigenvalue weighted by Gasteiger charge is 2.19. The molecule has 5 heteroatoms. The predicted octanol–water partition coefficient (Wildman–Crippen LogP) is 2.93. The number of nitrogens with zero attached hydrogens (tertiary/aromatic N) is 3. The second-order valence-corrected chi connectivity index (χ2v) is 6.87. The van der Waals surface area contributed by atoms with E-state index in [1.165, 1.54) is 24.9 Å². The number of carbonyl (C=O) groups is 1. The van der Waals surface area contributed by atoms with Crippen LogP contribution in [-0.2, 0) is 0 Å². The third-order valence-electron chi connectivity index (χ3n) is 5.06. The van der Waals surface area contributed by atoms with E-state index >= 15 is 0 Å². The normalized spacial score (nSPS) is 18.5. The Morgan fingerprint density at radius 3 is 2.72 bits per heavy atom. The van der Waals surface area contributed by atoms with Crippen molar-refractivity contribution in [3.05, 3.63) is 59.8 Å². The molecule has 5 nitrogen and oxygen atoms in total. The topological polar surface area (TPSA) is 64.2 Å². The van der Waals surface area contributed by atoms with Crippen molar-refractivity contribution in [3.63, 3.8) is 0 Å². The quantitative estimate of drug-likeness (QED) is 0.801. The highest BCUT2D eigenvalue weighted by molar-refractivity contribution is 6.04. The first-order valence-corrected chi connectivity index (χ1v) is 8.69. The van der Waals surface area contributed by atoms with Crippen molar-refractivity contribution >= 4 is 16.8 Å². The van der Waals surface area contributed by atoms with E-state index in [0.29, 0.717) is 17.0 Å². The Labute approximate surface area is 147 Å². The van der Waals surface area contributed by atoms with Crippen molar-refractivity contribution in [2.75, 3.05) is 20.1 Å². The zero-order chi connectivity index (χ0) is 17.4. The molecule has 0 radical (unpaired) electrons. The summed E-state index contributed by atoms with van der Waals surface area (Å²) in [5.41, 5.74) is 8.92. The summed E-state index contributed by atoms with van der Waals surface area (Å²) in [7, 11) is 2.19. The van der Waals surface area contributed by atoms with Gasteiger partial charge < -0.3 is 10.6 Å². The van der Waals surface area contributed by atoms with Gasteiger partial charge >= 0.3 is 0 Å². The van der Waals surface area contributed by atoms with Gasteiger partial charge in [0.05, 0.1) is 11.3 Å². The number of amides is 1. The summed E-state index contributed by atoms with van der Waals surface area (Å²) in [6, 6.07) is 14.1. The fourth-order valence-electron chi connectivity index (χ4n) is 3.71. The van der Waals surface area contributed by atoms with Crippen molar-refractivity contribution in [1.82, 2.24) is 14.7 Å². The van der Waals surface area contributed by atoms with Gasteiger partial charge in [-0.1, -0.05) is 24.3 Å². The van der Waals surface area contributed by atoms with Gasteiger partial charge in [-0.25, -0.2) is 4.68 Å². The number of likely N-dealkylation sites (N-methyl/N-ethyl adjacent to an activating group) is 1. The van der Waals surface area contributed by atoms with Crippen molar-refractivity contribution in [2.24, 2.45) is 5.73 Å². The highest BCUT2D eigenvalue weighted by atomic mass is 16.1. The van der Waals surface area contributed by atoms with Crippen LogP contribution in [0.25, 0.3) is 16.6 Å². The van der Waals surface area contributed by atoms with Crippen molar-refractivity contribution in [3.8, 4) is 5.69 Å². The lowest BCUT2D eigenvalue weighted by atomic mass is 9.91. The summed E-state index contributed by atoms with van der Waals surface area (Å²) >= 11 is 0. The van der Waals surface area contributed by atoms with Crippen molar-refractivity contribution in [1.29, 1.82) is 0 Å². The lowest BCUT2D eigenvalue weighted by Crippen LogP contribution is -2.30. The highest BCUT2D eigenvalue weighted by Crippen LogP contribution is 2.27. The number of primary amides is 1. The van der Waals surface area contributed by atoms with E-state index in [1.54, 1.807) is 6.07 Å². The Balaban J connectivity index is 1.65. The number of piperidine rings is 1. The van der Waals surface area contributed by atoms with Gasteiger partial charge in [0.25, 0.3) is 5.91 Å². The lowest BCUT2D eigenvalue weighted by Gasteiger charge is -2.30. The Morgan fingerprint density at radius 2 is 2.00 bits per heavy atom. The molecule has 1 saturated heterocycles. The van der Waals surface area contributed by atoms with Crippen LogP contribution in [0, 0.1) is 0 Å². The fourth-order valence-corrected chi connectivity index (χ4v) is 3.71. The van der Waals surface area contributed by atoms with Gasteiger partial charge in [0.15, 0.2) is 0 Å². The summed E-state index contributed by atoms with van der Waals surface area (Å²) in [4.78, 5) is 14.0. The van der Waals surface area contributed by atoms with Crippen molar-refractivity contribution < 1.29 is 4.79 Å². The molecule has 1 aromatic heterocycles. The van der Waals surface area contributed by atoms with Crippen LogP contribution in [0.2, 0.25) is 0 Å². The molecular formula is C20H22N4O. The summed E-state index contributed by atoms with van der Waals surface area (Å²) in [5, 5.41) is 5.48. The molecule has 1 aliphatic rings. The average Bonchev–Trinajstić information content (AvgIpc) is 3.06. The molecule has 1 fully saturated rings. The Bertz CT molecular complexity index is 913. The lowest BCUT2D eigenvalue weighted by molar-refractivity contribution is 0.100. The molecule has 0 aliphatic carbocycles. The Hall–Kier alpha value is -2.66. The van der Waals surface area contributed by atoms with Gasteiger partial charge in [-0.3, -0.25) is 4.79 Å². The molecule has 0 spiro atoms. The summed E-state index contributed by atoms with van der Waals surface area (Å²) in [6.45, 7) is 2.31. The maximum absolute atomic E-state index is 11.6. The molecule has 1 aliphatic heterocycles. The van der Waals surface area contributed by atoms with E-state index < -0.39 is 5.91 Å². The minimum Gasteiger partial charge on any atom is -0.366 e. The number of benzene rings is 2. The van der Waals surface area contributed by atoms with E-state index in [-0.39, 0.29) is 0 Å². The molecule has 128 valence electrons. The van der Waals surface area contributed by atoms with Crippen LogP contribution in [0.3, 0.4) is 0 Å². The zero-order valence-corrected chi connectivity index (χ0v) is 14.4. The molecule has 2 aromatic carbocycles. The molecule has 0 bridgehead atoms. The van der Waals surface area contributed by atoms with Crippen LogP contribution < -0.4 is 5.73 Å². The maximum Gasteiger partial charge on any atom is 0.250 e. The fraction of sp³-hybridized carbons (Fsp3) is 0.300. The molecule has 25 heavy (non-hydrogen) atoms. The predicted molar refractivity (Wildman–Crippen MR) is 99.1 cm³/mol. The Morgan fingerprint density at radius 1 is 1.20 bits per heavy atom. The van der Waals surface area contributed by atoms with E-state index in [1.807, 2.05) is 23.0 Å². The first-order chi connectivity index (χ1) is 12.1. The van der Waals surface area contributed by atoms with Crippen LogP contribution in [-0.4, -0.2) is 40.7 Å². The summed E-state index contributed by atoms with van der Waals surface area (Å²) in [5.74, 6) is 0.151. The standard InChI is InChI=1S/C20H22N4O/c1-23-11-3-5-15(12-23)14-7-9-17(10-8-14)24-13-16-4-2-6-18(20(21)25)19(16)22-24/h2,4,6-10,13,15H,3,5,11-12H2,1H3,(H2,21,25)/t15-/m1/s1. The minimum atomic E-state index is -0.451. The number of fused-ring (bicyclic) bond motifs is 1. The summed E-state index contributed by atoms with van der Waals surface area (Å²) in [6.07, 6.45) is 4.44. The van der Waals surface area contributed by atoms with Gasteiger partial charge in [-0.2, -0.15) is 5.10 Å². The third-order valence-corrected chi connectivity index (χ3v) is 5.06. The number of rotatable bonds is 3. The zero-order valence-electron chi connectivity index (χ0n) is 14.4. The number of likely N-dealkylation sites (tertiary alicyclic amines) is 1. The van der Waals surface area contributed by atoms with Crippen LogP contribution in [0.5, 0.6) is 0 Å². The van der Waals surface area contributed by atoms with Gasteiger partial charge in [-0.05, 0) is 56.1 Å². The first-order valence-electron chi connectivity index (χ1n) is 8.69. The van der Waals surface area contributed by atoms with Crippen LogP contribution in [0.1, 0.15) is 34.7 Å². The molecule has 1 amide bonds. The number of carbonyl (C=O) groups excluding carboxylic acids is 1.